The third-order valence-electron chi connectivity index (χ3n) is 5.91. The molecule has 2 bridgehead atoms. The smallest absolute Gasteiger partial charge is 0.229 e. The Kier molecular flexibility index (Phi) is 4.63. The molecular formula is C19H22ClN7O2. The Bertz CT molecular complexity index is 958. The Morgan fingerprint density at radius 1 is 1.34 bits per heavy atom. The third kappa shape index (κ3) is 3.56. The van der Waals surface area contributed by atoms with E-state index in [0.29, 0.717) is 16.8 Å². The zero-order chi connectivity index (χ0) is 20.0. The van der Waals surface area contributed by atoms with Crippen molar-refractivity contribution in [1.29, 1.82) is 0 Å². The predicted octanol–water partition coefficient (Wildman–Crippen LogP) is 1.95. The number of aromatic nitrogens is 4. The number of ether oxygens (including phenoxy) is 1. The highest BCUT2D eigenvalue weighted by molar-refractivity contribution is 6.32. The van der Waals surface area contributed by atoms with Gasteiger partial charge in [-0.15, -0.1) is 0 Å². The summed E-state index contributed by atoms with van der Waals surface area (Å²) in [7, 11) is 0. The van der Waals surface area contributed by atoms with E-state index in [1.165, 1.54) is 6.20 Å². The van der Waals surface area contributed by atoms with Crippen LogP contribution in [-0.4, -0.2) is 44.4 Å². The summed E-state index contributed by atoms with van der Waals surface area (Å²) in [6.07, 6.45) is 11.6. The third-order valence-corrected chi connectivity index (χ3v) is 6.19. The van der Waals surface area contributed by atoms with Gasteiger partial charge in [0.1, 0.15) is 5.02 Å². The van der Waals surface area contributed by atoms with E-state index < -0.39 is 0 Å². The Morgan fingerprint density at radius 2 is 2.17 bits per heavy atom. The SMILES string of the molecule is NC(=O)[C@@H]1[C@H](Nc2nc(Nc3cnn(CC4CCO4)c3)ncc2Cl)[C@H]2C=C[C@@H]1C2. The quantitative estimate of drug-likeness (QED) is 0.591. The molecule has 1 aliphatic heterocycles. The lowest BCUT2D eigenvalue weighted by molar-refractivity contribution is -0.122. The van der Waals surface area contributed by atoms with Crippen molar-refractivity contribution in [2.75, 3.05) is 17.2 Å². The molecule has 2 fully saturated rings. The van der Waals surface area contributed by atoms with E-state index in [1.807, 2.05) is 10.9 Å². The number of rotatable bonds is 7. The van der Waals surface area contributed by atoms with Gasteiger partial charge in [0, 0.05) is 18.8 Å². The Hall–Kier alpha value is -2.65. The van der Waals surface area contributed by atoms with Gasteiger partial charge in [-0.05, 0) is 24.7 Å². The molecule has 1 unspecified atom stereocenters. The number of allylic oxidation sites excluding steroid dienone is 1. The second kappa shape index (κ2) is 7.31. The van der Waals surface area contributed by atoms with Crippen molar-refractivity contribution in [2.45, 2.75) is 31.5 Å². The van der Waals surface area contributed by atoms with Crippen molar-refractivity contribution in [2.24, 2.45) is 23.5 Å². The first-order valence-corrected chi connectivity index (χ1v) is 10.1. The molecule has 152 valence electrons. The number of nitrogens with two attached hydrogens (primary N) is 1. The van der Waals surface area contributed by atoms with Crippen LogP contribution >= 0.6 is 11.6 Å². The molecule has 29 heavy (non-hydrogen) atoms. The van der Waals surface area contributed by atoms with Crippen LogP contribution in [0.15, 0.2) is 30.7 Å². The summed E-state index contributed by atoms with van der Waals surface area (Å²) in [5.41, 5.74) is 6.41. The van der Waals surface area contributed by atoms with Gasteiger partial charge in [-0.25, -0.2) is 4.98 Å². The first kappa shape index (κ1) is 18.4. The number of amides is 1. The number of primary amides is 1. The number of hydrogen-bond acceptors (Lipinski definition) is 7. The van der Waals surface area contributed by atoms with Gasteiger partial charge in [0.25, 0.3) is 0 Å². The molecule has 4 N–H and O–H groups in total. The minimum Gasteiger partial charge on any atom is -0.376 e. The van der Waals surface area contributed by atoms with Gasteiger partial charge >= 0.3 is 0 Å². The van der Waals surface area contributed by atoms with Crippen molar-refractivity contribution in [1.82, 2.24) is 19.7 Å². The topological polar surface area (TPSA) is 120 Å². The normalized spacial score (nSPS) is 29.6. The van der Waals surface area contributed by atoms with E-state index in [4.69, 9.17) is 22.1 Å². The molecule has 3 aliphatic rings. The maximum atomic E-state index is 11.9. The maximum Gasteiger partial charge on any atom is 0.229 e. The highest BCUT2D eigenvalue weighted by Crippen LogP contribution is 2.45. The summed E-state index contributed by atoms with van der Waals surface area (Å²) >= 11 is 6.31. The average molecular weight is 416 g/mol. The van der Waals surface area contributed by atoms with Gasteiger partial charge in [-0.2, -0.15) is 10.1 Å². The Labute approximate surface area is 172 Å². The minimum atomic E-state index is -0.300. The molecule has 0 radical (unpaired) electrons. The van der Waals surface area contributed by atoms with Crippen LogP contribution in [0.5, 0.6) is 0 Å². The number of nitrogens with zero attached hydrogens (tertiary/aromatic N) is 4. The number of carbonyl (C=O) groups is 1. The van der Waals surface area contributed by atoms with Crippen LogP contribution in [0.1, 0.15) is 12.8 Å². The van der Waals surface area contributed by atoms with Crippen LogP contribution in [0.4, 0.5) is 17.5 Å². The standard InChI is InChI=1S/C19H22ClN7O2/c20-14-7-22-19(24-12-6-23-27(8-12)9-13-3-4-29-13)26-18(14)25-16-11-2-1-10(5-11)15(16)17(21)28/h1-2,6-8,10-11,13,15-16H,3-5,9H2,(H2,21,28)(H2,22,24,25,26)/t10-,11+,13?,15+,16-/m1/s1. The van der Waals surface area contributed by atoms with Crippen molar-refractivity contribution in [3.8, 4) is 0 Å². The van der Waals surface area contributed by atoms with Crippen LogP contribution in [0.2, 0.25) is 5.02 Å². The van der Waals surface area contributed by atoms with Gasteiger partial charge in [0.15, 0.2) is 5.82 Å². The number of nitrogens with one attached hydrogen (secondary N) is 2. The number of fused-ring (bicyclic) bond motifs is 2. The fourth-order valence-electron chi connectivity index (χ4n) is 4.39. The van der Waals surface area contributed by atoms with E-state index in [0.717, 1.165) is 31.7 Å². The fourth-order valence-corrected chi connectivity index (χ4v) is 4.53. The second-order valence-corrected chi connectivity index (χ2v) is 8.20. The molecule has 2 aromatic rings. The Morgan fingerprint density at radius 3 is 2.93 bits per heavy atom. The summed E-state index contributed by atoms with van der Waals surface area (Å²) in [5, 5.41) is 11.2. The number of hydrogen-bond donors (Lipinski definition) is 3. The summed E-state index contributed by atoms with van der Waals surface area (Å²) in [6, 6.07) is -0.118. The van der Waals surface area contributed by atoms with E-state index >= 15 is 0 Å². The number of halogens is 1. The molecule has 2 aromatic heterocycles. The average Bonchev–Trinajstić information content (AvgIpc) is 3.37. The molecular weight excluding hydrogens is 394 g/mol. The highest BCUT2D eigenvalue weighted by atomic mass is 35.5. The molecule has 5 atom stereocenters. The van der Waals surface area contributed by atoms with Crippen LogP contribution in [0.25, 0.3) is 0 Å². The molecule has 1 amide bonds. The highest BCUT2D eigenvalue weighted by Gasteiger charge is 2.47. The van der Waals surface area contributed by atoms with E-state index in [-0.39, 0.29) is 35.8 Å². The van der Waals surface area contributed by atoms with Crippen LogP contribution < -0.4 is 16.4 Å². The van der Waals surface area contributed by atoms with Gasteiger partial charge in [0.2, 0.25) is 11.9 Å². The van der Waals surface area contributed by atoms with Crippen molar-refractivity contribution in [3.63, 3.8) is 0 Å². The monoisotopic (exact) mass is 415 g/mol. The molecule has 1 saturated carbocycles. The van der Waals surface area contributed by atoms with Gasteiger partial charge < -0.3 is 21.1 Å². The molecule has 3 heterocycles. The van der Waals surface area contributed by atoms with Gasteiger partial charge in [-0.3, -0.25) is 9.48 Å². The van der Waals surface area contributed by atoms with E-state index in [1.54, 1.807) is 6.20 Å². The molecule has 1 saturated heterocycles. The van der Waals surface area contributed by atoms with Crippen molar-refractivity contribution < 1.29 is 9.53 Å². The largest absolute Gasteiger partial charge is 0.376 e. The number of carbonyl (C=O) groups excluding carboxylic acids is 1. The zero-order valence-corrected chi connectivity index (χ0v) is 16.4. The fraction of sp³-hybridized carbons (Fsp3) is 0.474. The molecule has 5 rings (SSSR count). The summed E-state index contributed by atoms with van der Waals surface area (Å²) < 4.78 is 7.27. The molecule has 0 aromatic carbocycles. The maximum absolute atomic E-state index is 11.9. The number of anilines is 3. The lowest BCUT2D eigenvalue weighted by Crippen LogP contribution is -2.41. The molecule has 9 nitrogen and oxygen atoms in total. The van der Waals surface area contributed by atoms with Crippen LogP contribution in [0.3, 0.4) is 0 Å². The Balaban J connectivity index is 1.30. The summed E-state index contributed by atoms with van der Waals surface area (Å²) in [5.74, 6) is 0.734. The summed E-state index contributed by atoms with van der Waals surface area (Å²) in [4.78, 5) is 20.7. The van der Waals surface area contributed by atoms with Gasteiger partial charge in [0.05, 0.1) is 36.6 Å². The summed E-state index contributed by atoms with van der Waals surface area (Å²) in [6.45, 7) is 1.54. The van der Waals surface area contributed by atoms with Crippen LogP contribution in [0, 0.1) is 17.8 Å². The van der Waals surface area contributed by atoms with E-state index in [9.17, 15) is 4.79 Å². The first-order chi connectivity index (χ1) is 14.1. The second-order valence-electron chi connectivity index (χ2n) is 7.79. The zero-order valence-electron chi connectivity index (χ0n) is 15.7. The molecule has 2 aliphatic carbocycles. The lowest BCUT2D eigenvalue weighted by atomic mass is 9.88. The molecule has 10 heteroatoms. The molecule has 0 spiro atoms. The van der Waals surface area contributed by atoms with Crippen molar-refractivity contribution in [3.05, 3.63) is 35.8 Å². The lowest BCUT2D eigenvalue weighted by Gasteiger charge is -2.27. The van der Waals surface area contributed by atoms with Crippen molar-refractivity contribution >= 4 is 35.0 Å². The van der Waals surface area contributed by atoms with Gasteiger partial charge in [-0.1, -0.05) is 23.8 Å². The predicted molar refractivity (Wildman–Crippen MR) is 108 cm³/mol. The minimum absolute atomic E-state index is 0.118. The van der Waals surface area contributed by atoms with Crippen LogP contribution in [-0.2, 0) is 16.1 Å². The van der Waals surface area contributed by atoms with E-state index in [2.05, 4.69) is 37.9 Å². The first-order valence-electron chi connectivity index (χ1n) is 9.74.